The number of carbonyl (C=O) groups is 1. The first-order chi connectivity index (χ1) is 10.4. The summed E-state index contributed by atoms with van der Waals surface area (Å²) in [4.78, 5) is 11.9. The van der Waals surface area contributed by atoms with Gasteiger partial charge in [-0.1, -0.05) is 23.7 Å². The third-order valence-corrected chi connectivity index (χ3v) is 6.21. The molecule has 2 N–H and O–H groups in total. The number of thiophene rings is 1. The van der Waals surface area contributed by atoms with Gasteiger partial charge in [-0.05, 0) is 36.1 Å². The molecule has 0 aliphatic rings. The van der Waals surface area contributed by atoms with Crippen molar-refractivity contribution in [2.75, 3.05) is 11.9 Å². The summed E-state index contributed by atoms with van der Waals surface area (Å²) in [6, 6.07) is 8.40. The normalized spacial score (nSPS) is 11.4. The molecule has 0 spiro atoms. The van der Waals surface area contributed by atoms with Crippen LogP contribution in [0.2, 0.25) is 5.02 Å². The number of sulfonamides is 1. The van der Waals surface area contributed by atoms with Crippen LogP contribution >= 0.6 is 22.9 Å². The van der Waals surface area contributed by atoms with Crippen LogP contribution in [0.25, 0.3) is 0 Å². The Morgan fingerprint density at radius 2 is 2.05 bits per heavy atom. The Morgan fingerprint density at radius 1 is 1.27 bits per heavy atom. The Bertz CT molecular complexity index is 758. The maximum atomic E-state index is 11.9. The summed E-state index contributed by atoms with van der Waals surface area (Å²) >= 11 is 7.11. The highest BCUT2D eigenvalue weighted by Crippen LogP contribution is 2.23. The van der Waals surface area contributed by atoms with Crippen molar-refractivity contribution in [3.05, 3.63) is 46.3 Å². The van der Waals surface area contributed by atoms with Crippen molar-refractivity contribution in [1.29, 1.82) is 0 Å². The van der Waals surface area contributed by atoms with Gasteiger partial charge in [0.05, 0.1) is 0 Å². The molecule has 118 valence electrons. The van der Waals surface area contributed by atoms with Crippen molar-refractivity contribution in [2.45, 2.75) is 17.6 Å². The molecule has 0 radical (unpaired) electrons. The van der Waals surface area contributed by atoms with Crippen LogP contribution in [-0.4, -0.2) is 20.9 Å². The zero-order valence-corrected chi connectivity index (χ0v) is 14.2. The van der Waals surface area contributed by atoms with Gasteiger partial charge in [0.25, 0.3) is 0 Å². The molecule has 2 rings (SSSR count). The minimum Gasteiger partial charge on any atom is -0.326 e. The number of amides is 1. The monoisotopic (exact) mass is 358 g/mol. The molecule has 22 heavy (non-hydrogen) atoms. The van der Waals surface area contributed by atoms with E-state index < -0.39 is 10.0 Å². The largest absolute Gasteiger partial charge is 0.326 e. The molecular formula is C14H15ClN2O3S2. The van der Waals surface area contributed by atoms with Crippen LogP contribution in [0.4, 0.5) is 5.69 Å². The summed E-state index contributed by atoms with van der Waals surface area (Å²) < 4.78 is 26.4. The molecule has 0 unspecified atom stereocenters. The summed E-state index contributed by atoms with van der Waals surface area (Å²) in [7, 11) is -3.53. The van der Waals surface area contributed by atoms with E-state index in [0.717, 1.165) is 16.9 Å². The summed E-state index contributed by atoms with van der Waals surface area (Å²) in [6.45, 7) is 1.84. The van der Waals surface area contributed by atoms with Crippen LogP contribution in [-0.2, 0) is 14.8 Å². The van der Waals surface area contributed by atoms with E-state index in [9.17, 15) is 13.2 Å². The Kier molecular flexibility index (Phi) is 5.57. The second kappa shape index (κ2) is 7.23. The molecule has 5 nitrogen and oxygen atoms in total. The van der Waals surface area contributed by atoms with Gasteiger partial charge in [-0.15, -0.1) is 11.3 Å². The van der Waals surface area contributed by atoms with E-state index in [1.54, 1.807) is 36.6 Å². The van der Waals surface area contributed by atoms with Gasteiger partial charge in [-0.2, -0.15) is 0 Å². The molecule has 2 aromatic rings. The number of hydrogen-bond donors (Lipinski definition) is 2. The summed E-state index contributed by atoms with van der Waals surface area (Å²) in [6.07, 6.45) is 0.0383. The molecule has 1 aromatic carbocycles. The summed E-state index contributed by atoms with van der Waals surface area (Å²) in [5, 5.41) is 4.97. The molecule has 0 aliphatic heterocycles. The smallest absolute Gasteiger partial charge is 0.250 e. The van der Waals surface area contributed by atoms with E-state index in [4.69, 9.17) is 11.6 Å². The molecule has 0 atom stereocenters. The number of carbonyl (C=O) groups excluding carboxylic acids is 1. The van der Waals surface area contributed by atoms with Gasteiger partial charge >= 0.3 is 0 Å². The topological polar surface area (TPSA) is 75.3 Å². The minimum absolute atomic E-state index is 0.0334. The second-order valence-electron chi connectivity index (χ2n) is 4.54. The number of halogens is 1. The maximum Gasteiger partial charge on any atom is 0.250 e. The predicted octanol–water partition coefficient (Wildman–Crippen LogP) is 3.02. The molecule has 1 amide bonds. The van der Waals surface area contributed by atoms with E-state index in [-0.39, 0.29) is 23.1 Å². The molecule has 0 saturated heterocycles. The number of benzene rings is 1. The highest BCUT2D eigenvalue weighted by Gasteiger charge is 2.15. The number of nitrogens with one attached hydrogen (secondary N) is 2. The third kappa shape index (κ3) is 4.30. The van der Waals surface area contributed by atoms with E-state index >= 15 is 0 Å². The molecule has 0 fully saturated rings. The van der Waals surface area contributed by atoms with Crippen LogP contribution in [0.15, 0.2) is 39.9 Å². The highest BCUT2D eigenvalue weighted by atomic mass is 35.5. The fourth-order valence-electron chi connectivity index (χ4n) is 1.74. The van der Waals surface area contributed by atoms with Gasteiger partial charge in [-0.25, -0.2) is 13.1 Å². The first-order valence-electron chi connectivity index (χ1n) is 6.48. The van der Waals surface area contributed by atoms with Crippen LogP contribution in [0.1, 0.15) is 12.0 Å². The lowest BCUT2D eigenvalue weighted by Crippen LogP contribution is -2.27. The van der Waals surface area contributed by atoms with Crippen LogP contribution < -0.4 is 10.0 Å². The summed E-state index contributed by atoms with van der Waals surface area (Å²) in [5.41, 5.74) is 1.40. The van der Waals surface area contributed by atoms with Crippen molar-refractivity contribution in [3.8, 4) is 0 Å². The molecule has 8 heteroatoms. The lowest BCUT2D eigenvalue weighted by atomic mass is 10.2. The van der Waals surface area contributed by atoms with E-state index in [2.05, 4.69) is 10.0 Å². The van der Waals surface area contributed by atoms with Gasteiger partial charge in [-0.3, -0.25) is 4.79 Å². The average molecular weight is 359 g/mol. The third-order valence-electron chi connectivity index (χ3n) is 2.95. The maximum absolute atomic E-state index is 11.9. The van der Waals surface area contributed by atoms with Crippen molar-refractivity contribution < 1.29 is 13.2 Å². The Morgan fingerprint density at radius 3 is 2.73 bits per heavy atom. The van der Waals surface area contributed by atoms with Gasteiger partial charge in [0, 0.05) is 23.7 Å². The minimum atomic E-state index is -3.53. The molecule has 0 aliphatic carbocycles. The van der Waals surface area contributed by atoms with Gasteiger partial charge < -0.3 is 5.32 Å². The SMILES string of the molecule is Cc1c(Cl)cccc1NC(=O)CCNS(=O)(=O)c1cccs1. The summed E-state index contributed by atoms with van der Waals surface area (Å²) in [5.74, 6) is -0.278. The van der Waals surface area contributed by atoms with E-state index in [1.807, 2.05) is 0 Å². The first-order valence-corrected chi connectivity index (χ1v) is 9.22. The predicted molar refractivity (Wildman–Crippen MR) is 88.9 cm³/mol. The zero-order valence-electron chi connectivity index (χ0n) is 11.8. The van der Waals surface area contributed by atoms with Crippen LogP contribution in [0.3, 0.4) is 0 Å². The standard InChI is InChI=1S/C14H15ClN2O3S2/c1-10-11(15)4-2-5-12(10)17-13(18)7-8-16-22(19,20)14-6-3-9-21-14/h2-6,9,16H,7-8H2,1H3,(H,17,18). The fourth-order valence-corrected chi connectivity index (χ4v) is 3.99. The molecule has 1 heterocycles. The lowest BCUT2D eigenvalue weighted by molar-refractivity contribution is -0.116. The number of hydrogen-bond acceptors (Lipinski definition) is 4. The first kappa shape index (κ1) is 17.0. The van der Waals surface area contributed by atoms with Crippen LogP contribution in [0, 0.1) is 6.92 Å². The quantitative estimate of drug-likeness (QED) is 0.833. The molecule has 0 saturated carbocycles. The van der Waals surface area contributed by atoms with Crippen molar-refractivity contribution >= 4 is 44.6 Å². The van der Waals surface area contributed by atoms with Crippen molar-refractivity contribution in [3.63, 3.8) is 0 Å². The Labute approximate surface area is 138 Å². The van der Waals surface area contributed by atoms with E-state index in [1.165, 1.54) is 6.07 Å². The van der Waals surface area contributed by atoms with Gasteiger partial charge in [0.1, 0.15) is 4.21 Å². The Hall–Kier alpha value is -1.41. The molecule has 0 bridgehead atoms. The highest BCUT2D eigenvalue weighted by molar-refractivity contribution is 7.91. The Balaban J connectivity index is 1.87. The average Bonchev–Trinajstić information content (AvgIpc) is 2.98. The number of anilines is 1. The van der Waals surface area contributed by atoms with Gasteiger partial charge in [0.2, 0.25) is 15.9 Å². The molecular weight excluding hydrogens is 344 g/mol. The van der Waals surface area contributed by atoms with Crippen molar-refractivity contribution in [1.82, 2.24) is 4.72 Å². The fraction of sp³-hybridized carbons (Fsp3) is 0.214. The second-order valence-corrected chi connectivity index (χ2v) is 7.89. The van der Waals surface area contributed by atoms with E-state index in [0.29, 0.717) is 10.7 Å². The van der Waals surface area contributed by atoms with Crippen LogP contribution in [0.5, 0.6) is 0 Å². The lowest BCUT2D eigenvalue weighted by Gasteiger charge is -2.09. The van der Waals surface area contributed by atoms with Gasteiger partial charge in [0.15, 0.2) is 0 Å². The zero-order chi connectivity index (χ0) is 16.2. The van der Waals surface area contributed by atoms with Crippen molar-refractivity contribution in [2.24, 2.45) is 0 Å². The number of rotatable bonds is 6. The molecule has 1 aromatic heterocycles.